The number of rotatable bonds is 5. The van der Waals surface area contributed by atoms with Crippen LogP contribution in [-0.2, 0) is 19.5 Å². The molecule has 3 rings (SSSR count). The summed E-state index contributed by atoms with van der Waals surface area (Å²) in [6.45, 7) is 6.11. The fraction of sp³-hybridized carbons (Fsp3) is 0.364. The van der Waals surface area contributed by atoms with Crippen LogP contribution in [0.15, 0.2) is 47.4 Å². The molecule has 0 bridgehead atoms. The average Bonchev–Trinajstić information content (AvgIpc) is 2.75. The number of hydrogen-bond donors (Lipinski definition) is 2. The molecule has 2 aromatic carbocycles. The number of ether oxygens (including phenoxy) is 2. The number of benzene rings is 2. The summed E-state index contributed by atoms with van der Waals surface area (Å²) in [4.78, 5) is 24.7. The predicted molar refractivity (Wildman–Crippen MR) is 120 cm³/mol. The van der Waals surface area contributed by atoms with Crippen LogP contribution in [0.2, 0.25) is 0 Å². The Balaban J connectivity index is 1.75. The second-order valence-corrected chi connectivity index (χ2v) is 10.3. The highest BCUT2D eigenvalue weighted by atomic mass is 32.2. The fourth-order valence-corrected chi connectivity index (χ4v) is 4.50. The molecule has 0 saturated carbocycles. The summed E-state index contributed by atoms with van der Waals surface area (Å²) in [5.41, 5.74) is -0.631. The van der Waals surface area contributed by atoms with Gasteiger partial charge in [0.15, 0.2) is 0 Å². The quantitative estimate of drug-likeness (QED) is 0.679. The van der Waals surface area contributed by atoms with Gasteiger partial charge < -0.3 is 14.8 Å². The molecule has 0 aliphatic carbocycles. The van der Waals surface area contributed by atoms with Crippen LogP contribution in [-0.4, -0.2) is 56.6 Å². The minimum absolute atomic E-state index is 0.0107. The second-order valence-electron chi connectivity index (χ2n) is 8.32. The number of amides is 2. The number of morpholine rings is 1. The summed E-state index contributed by atoms with van der Waals surface area (Å²) in [5, 5.41) is 4.88. The lowest BCUT2D eigenvalue weighted by Gasteiger charge is -2.26. The molecule has 0 atom stereocenters. The Kier molecular flexibility index (Phi) is 7.35. The third-order valence-electron chi connectivity index (χ3n) is 4.56. The zero-order valence-electron chi connectivity index (χ0n) is 18.6. The Morgan fingerprint density at radius 2 is 1.76 bits per heavy atom. The topological polar surface area (TPSA) is 114 Å². The summed E-state index contributed by atoms with van der Waals surface area (Å²) in [6.07, 6.45) is -0.842. The zero-order valence-corrected chi connectivity index (χ0v) is 19.4. The molecule has 1 heterocycles. The smallest absolute Gasteiger partial charge is 0.412 e. The molecule has 33 heavy (non-hydrogen) atoms. The molecule has 9 nitrogen and oxygen atoms in total. The standard InChI is InChI=1S/C22H26FN3O6S/c1-22(2,3)32-21(28)25-19-14-16(7-8-18(19)23)24-20(27)15-5-4-6-17(13-15)33(29,30)26-9-11-31-12-10-26/h4-8,13-14H,9-12H2,1-3H3,(H,24,27)(H,25,28). The molecule has 1 aliphatic rings. The van der Waals surface area contributed by atoms with E-state index in [0.29, 0.717) is 13.2 Å². The van der Waals surface area contributed by atoms with Crippen LogP contribution >= 0.6 is 0 Å². The lowest BCUT2D eigenvalue weighted by Crippen LogP contribution is -2.40. The number of sulfonamides is 1. The van der Waals surface area contributed by atoms with Crippen molar-refractivity contribution in [3.8, 4) is 0 Å². The van der Waals surface area contributed by atoms with Crippen molar-refractivity contribution in [3.63, 3.8) is 0 Å². The van der Waals surface area contributed by atoms with Crippen molar-refractivity contribution in [3.05, 3.63) is 53.8 Å². The van der Waals surface area contributed by atoms with Crippen molar-refractivity contribution in [1.29, 1.82) is 0 Å². The van der Waals surface area contributed by atoms with Crippen molar-refractivity contribution in [1.82, 2.24) is 4.31 Å². The van der Waals surface area contributed by atoms with Gasteiger partial charge in [0, 0.05) is 24.3 Å². The maximum Gasteiger partial charge on any atom is 0.412 e. The van der Waals surface area contributed by atoms with Crippen LogP contribution in [0.4, 0.5) is 20.6 Å². The maximum absolute atomic E-state index is 14.1. The van der Waals surface area contributed by atoms with Gasteiger partial charge in [-0.05, 0) is 57.2 Å². The molecule has 0 unspecified atom stereocenters. The van der Waals surface area contributed by atoms with E-state index >= 15 is 0 Å². The highest BCUT2D eigenvalue weighted by Crippen LogP contribution is 2.23. The molecule has 0 aromatic heterocycles. The van der Waals surface area contributed by atoms with Crippen LogP contribution in [0.25, 0.3) is 0 Å². The molecular formula is C22H26FN3O6S. The van der Waals surface area contributed by atoms with Crippen molar-refractivity contribution in [2.45, 2.75) is 31.3 Å². The van der Waals surface area contributed by atoms with Gasteiger partial charge in [-0.3, -0.25) is 10.1 Å². The van der Waals surface area contributed by atoms with Crippen molar-refractivity contribution < 1.29 is 31.9 Å². The van der Waals surface area contributed by atoms with E-state index in [2.05, 4.69) is 10.6 Å². The number of carbonyl (C=O) groups is 2. The van der Waals surface area contributed by atoms with Crippen LogP contribution in [0.1, 0.15) is 31.1 Å². The number of nitrogens with one attached hydrogen (secondary N) is 2. The Labute approximate surface area is 191 Å². The lowest BCUT2D eigenvalue weighted by molar-refractivity contribution is 0.0635. The first-order valence-corrected chi connectivity index (χ1v) is 11.7. The first-order chi connectivity index (χ1) is 15.5. The van der Waals surface area contributed by atoms with E-state index in [1.54, 1.807) is 20.8 Å². The number of anilines is 2. The molecular weight excluding hydrogens is 453 g/mol. The Bertz CT molecular complexity index is 1140. The van der Waals surface area contributed by atoms with Gasteiger partial charge in [0.2, 0.25) is 10.0 Å². The van der Waals surface area contributed by atoms with Crippen molar-refractivity contribution in [2.75, 3.05) is 36.9 Å². The number of nitrogens with zero attached hydrogens (tertiary/aromatic N) is 1. The summed E-state index contributed by atoms with van der Waals surface area (Å²) in [7, 11) is -3.77. The molecule has 0 radical (unpaired) electrons. The number of carbonyl (C=O) groups excluding carboxylic acids is 2. The van der Waals surface area contributed by atoms with Gasteiger partial charge in [-0.1, -0.05) is 6.07 Å². The third kappa shape index (κ3) is 6.50. The third-order valence-corrected chi connectivity index (χ3v) is 6.46. The minimum atomic E-state index is -3.77. The molecule has 1 fully saturated rings. The van der Waals surface area contributed by atoms with E-state index < -0.39 is 33.4 Å². The van der Waals surface area contributed by atoms with Crippen molar-refractivity contribution >= 4 is 33.4 Å². The first-order valence-electron chi connectivity index (χ1n) is 10.2. The zero-order chi connectivity index (χ0) is 24.2. The van der Waals surface area contributed by atoms with E-state index in [9.17, 15) is 22.4 Å². The Morgan fingerprint density at radius 3 is 2.42 bits per heavy atom. The van der Waals surface area contributed by atoms with E-state index in [1.807, 2.05) is 0 Å². The average molecular weight is 480 g/mol. The van der Waals surface area contributed by atoms with Crippen LogP contribution < -0.4 is 10.6 Å². The largest absolute Gasteiger partial charge is 0.444 e. The van der Waals surface area contributed by atoms with Gasteiger partial charge in [-0.25, -0.2) is 17.6 Å². The monoisotopic (exact) mass is 479 g/mol. The highest BCUT2D eigenvalue weighted by molar-refractivity contribution is 7.89. The summed E-state index contributed by atoms with van der Waals surface area (Å²) >= 11 is 0. The Morgan fingerprint density at radius 1 is 1.06 bits per heavy atom. The van der Waals surface area contributed by atoms with Gasteiger partial charge in [0.05, 0.1) is 23.8 Å². The van der Waals surface area contributed by atoms with Gasteiger partial charge >= 0.3 is 6.09 Å². The molecule has 178 valence electrons. The van der Waals surface area contributed by atoms with Crippen molar-refractivity contribution in [2.24, 2.45) is 0 Å². The second kappa shape index (κ2) is 9.86. The maximum atomic E-state index is 14.1. The summed E-state index contributed by atoms with van der Waals surface area (Å²) < 4.78 is 51.4. The van der Waals surface area contributed by atoms with Gasteiger partial charge in [0.1, 0.15) is 11.4 Å². The molecule has 1 aliphatic heterocycles. The molecule has 2 amide bonds. The van der Waals surface area contributed by atoms with E-state index in [4.69, 9.17) is 9.47 Å². The van der Waals surface area contributed by atoms with E-state index in [1.165, 1.54) is 40.7 Å². The van der Waals surface area contributed by atoms with Crippen LogP contribution in [0.5, 0.6) is 0 Å². The molecule has 11 heteroatoms. The van der Waals surface area contributed by atoms with Gasteiger partial charge in [-0.15, -0.1) is 0 Å². The number of halogens is 1. The fourth-order valence-electron chi connectivity index (χ4n) is 3.05. The van der Waals surface area contributed by atoms with E-state index in [-0.39, 0.29) is 34.9 Å². The molecule has 2 N–H and O–H groups in total. The van der Waals surface area contributed by atoms with Gasteiger partial charge in [0.25, 0.3) is 5.91 Å². The number of hydrogen-bond acceptors (Lipinski definition) is 6. The van der Waals surface area contributed by atoms with E-state index in [0.717, 1.165) is 6.07 Å². The molecule has 1 saturated heterocycles. The van der Waals surface area contributed by atoms with Crippen LogP contribution in [0.3, 0.4) is 0 Å². The Hall–Kier alpha value is -3.02. The predicted octanol–water partition coefficient (Wildman–Crippen LogP) is 3.45. The first kappa shape index (κ1) is 24.6. The summed E-state index contributed by atoms with van der Waals surface area (Å²) in [5.74, 6) is -1.30. The highest BCUT2D eigenvalue weighted by Gasteiger charge is 2.27. The summed E-state index contributed by atoms with van der Waals surface area (Å²) in [6, 6.07) is 9.29. The normalized spacial score (nSPS) is 15.0. The van der Waals surface area contributed by atoms with Crippen LogP contribution in [0, 0.1) is 5.82 Å². The minimum Gasteiger partial charge on any atom is -0.444 e. The molecule has 0 spiro atoms. The lowest BCUT2D eigenvalue weighted by atomic mass is 10.2. The molecule has 2 aromatic rings. The van der Waals surface area contributed by atoms with Gasteiger partial charge in [-0.2, -0.15) is 4.31 Å². The SMILES string of the molecule is CC(C)(C)OC(=O)Nc1cc(NC(=O)c2cccc(S(=O)(=O)N3CCOCC3)c2)ccc1F.